The number of urea groups is 1. The molecule has 4 nitrogen and oxygen atoms in total. The zero-order chi connectivity index (χ0) is 12.7. The number of nitrogens with one attached hydrogen (secondary N) is 2. The molecule has 0 heterocycles. The highest BCUT2D eigenvalue weighted by molar-refractivity contribution is 5.74. The summed E-state index contributed by atoms with van der Waals surface area (Å²) in [4.78, 5) is 11.6. The summed E-state index contributed by atoms with van der Waals surface area (Å²) in [6.45, 7) is 5.00. The number of rotatable bonds is 5. The fourth-order valence-electron chi connectivity index (χ4n) is 2.50. The van der Waals surface area contributed by atoms with Gasteiger partial charge >= 0.3 is 6.03 Å². The summed E-state index contributed by atoms with van der Waals surface area (Å²) in [5.74, 6) is 1.41. The lowest BCUT2D eigenvalue weighted by molar-refractivity contribution is 0.209. The minimum absolute atomic E-state index is 0.00435. The standard InChI is InChI=1S/C13H26N2O2/c1-3-12(9-16)15-13(17)14-8-11-6-4-5-10(2)7-11/h10-12,16H,3-9H2,1-2H3,(H2,14,15,17). The van der Waals surface area contributed by atoms with Crippen LogP contribution in [0.1, 0.15) is 46.0 Å². The smallest absolute Gasteiger partial charge is 0.315 e. The van der Waals surface area contributed by atoms with Crippen LogP contribution in [0.3, 0.4) is 0 Å². The van der Waals surface area contributed by atoms with Crippen molar-refractivity contribution in [1.82, 2.24) is 10.6 Å². The molecule has 1 rings (SSSR count). The third kappa shape index (κ3) is 5.39. The van der Waals surface area contributed by atoms with Gasteiger partial charge in [0.25, 0.3) is 0 Å². The average molecular weight is 242 g/mol. The van der Waals surface area contributed by atoms with E-state index in [1.807, 2.05) is 6.92 Å². The van der Waals surface area contributed by atoms with Gasteiger partial charge in [-0.3, -0.25) is 0 Å². The van der Waals surface area contributed by atoms with Crippen LogP contribution in [0.25, 0.3) is 0 Å². The van der Waals surface area contributed by atoms with Gasteiger partial charge in [0.1, 0.15) is 0 Å². The molecule has 17 heavy (non-hydrogen) atoms. The molecule has 0 radical (unpaired) electrons. The van der Waals surface area contributed by atoms with Crippen LogP contribution in [0.5, 0.6) is 0 Å². The first kappa shape index (κ1) is 14.3. The molecule has 1 saturated carbocycles. The van der Waals surface area contributed by atoms with E-state index in [2.05, 4.69) is 17.6 Å². The van der Waals surface area contributed by atoms with Crippen molar-refractivity contribution in [2.75, 3.05) is 13.2 Å². The number of hydrogen-bond acceptors (Lipinski definition) is 2. The molecule has 0 bridgehead atoms. The molecule has 1 aliphatic rings. The Morgan fingerprint density at radius 3 is 2.82 bits per heavy atom. The quantitative estimate of drug-likeness (QED) is 0.689. The Kier molecular flexibility index (Phi) is 6.34. The minimum atomic E-state index is -0.149. The predicted octanol–water partition coefficient (Wildman–Crippen LogP) is 1.88. The Morgan fingerprint density at radius 2 is 2.24 bits per heavy atom. The monoisotopic (exact) mass is 242 g/mol. The van der Waals surface area contributed by atoms with Crippen molar-refractivity contribution >= 4 is 6.03 Å². The van der Waals surface area contributed by atoms with Crippen LogP contribution in [0.4, 0.5) is 4.79 Å². The highest BCUT2D eigenvalue weighted by atomic mass is 16.3. The van der Waals surface area contributed by atoms with Gasteiger partial charge < -0.3 is 15.7 Å². The molecule has 0 aromatic carbocycles. The topological polar surface area (TPSA) is 61.4 Å². The van der Waals surface area contributed by atoms with Gasteiger partial charge in [-0.2, -0.15) is 0 Å². The summed E-state index contributed by atoms with van der Waals surface area (Å²) >= 11 is 0. The van der Waals surface area contributed by atoms with Gasteiger partial charge in [0.05, 0.1) is 12.6 Å². The molecule has 0 aliphatic heterocycles. The summed E-state index contributed by atoms with van der Waals surface area (Å²) in [5, 5.41) is 14.7. The largest absolute Gasteiger partial charge is 0.394 e. The molecular weight excluding hydrogens is 216 g/mol. The third-order valence-electron chi connectivity index (χ3n) is 3.64. The van der Waals surface area contributed by atoms with E-state index in [0.717, 1.165) is 18.9 Å². The first-order chi connectivity index (χ1) is 8.15. The van der Waals surface area contributed by atoms with Crippen LogP contribution >= 0.6 is 0 Å². The van der Waals surface area contributed by atoms with Crippen LogP contribution in [0, 0.1) is 11.8 Å². The van der Waals surface area contributed by atoms with Crippen molar-refractivity contribution in [1.29, 1.82) is 0 Å². The fourth-order valence-corrected chi connectivity index (χ4v) is 2.50. The highest BCUT2D eigenvalue weighted by Crippen LogP contribution is 2.27. The number of carbonyl (C=O) groups is 1. The van der Waals surface area contributed by atoms with Crippen LogP contribution < -0.4 is 10.6 Å². The van der Waals surface area contributed by atoms with Gasteiger partial charge in [-0.25, -0.2) is 4.79 Å². The van der Waals surface area contributed by atoms with E-state index in [0.29, 0.717) is 5.92 Å². The predicted molar refractivity (Wildman–Crippen MR) is 68.8 cm³/mol. The molecular formula is C13H26N2O2. The number of carbonyl (C=O) groups excluding carboxylic acids is 1. The zero-order valence-corrected chi connectivity index (χ0v) is 11.0. The maximum atomic E-state index is 11.6. The molecule has 0 aromatic rings. The third-order valence-corrected chi connectivity index (χ3v) is 3.64. The molecule has 1 aliphatic carbocycles. The Labute approximate surface area is 104 Å². The van der Waals surface area contributed by atoms with Crippen LogP contribution in [0.15, 0.2) is 0 Å². The van der Waals surface area contributed by atoms with Crippen molar-refractivity contribution in [2.45, 2.75) is 52.0 Å². The summed E-state index contributed by atoms with van der Waals surface area (Å²) in [6.07, 6.45) is 5.80. The highest BCUT2D eigenvalue weighted by Gasteiger charge is 2.19. The summed E-state index contributed by atoms with van der Waals surface area (Å²) < 4.78 is 0. The molecule has 2 amide bonds. The molecule has 0 spiro atoms. The van der Waals surface area contributed by atoms with Gasteiger partial charge in [-0.1, -0.05) is 26.7 Å². The van der Waals surface area contributed by atoms with Gasteiger partial charge in [0.15, 0.2) is 0 Å². The Morgan fingerprint density at radius 1 is 1.47 bits per heavy atom. The lowest BCUT2D eigenvalue weighted by Crippen LogP contribution is -2.45. The van der Waals surface area contributed by atoms with Gasteiger partial charge in [0, 0.05) is 6.54 Å². The van der Waals surface area contributed by atoms with Crippen LogP contribution in [-0.2, 0) is 0 Å². The molecule has 4 heteroatoms. The molecule has 0 aromatic heterocycles. The van der Waals surface area contributed by atoms with Crippen molar-refractivity contribution in [3.63, 3.8) is 0 Å². The van der Waals surface area contributed by atoms with Crippen molar-refractivity contribution in [3.8, 4) is 0 Å². The summed E-state index contributed by atoms with van der Waals surface area (Å²) in [6, 6.07) is -0.274. The lowest BCUT2D eigenvalue weighted by Gasteiger charge is -2.27. The SMILES string of the molecule is CCC(CO)NC(=O)NCC1CCCC(C)C1. The maximum absolute atomic E-state index is 11.6. The lowest BCUT2D eigenvalue weighted by atomic mass is 9.82. The van der Waals surface area contributed by atoms with E-state index in [9.17, 15) is 4.79 Å². The average Bonchev–Trinajstić information content (AvgIpc) is 2.33. The first-order valence-electron chi connectivity index (χ1n) is 6.80. The van der Waals surface area contributed by atoms with Crippen molar-refractivity contribution < 1.29 is 9.90 Å². The first-order valence-corrected chi connectivity index (χ1v) is 6.80. The van der Waals surface area contributed by atoms with E-state index >= 15 is 0 Å². The normalized spacial score (nSPS) is 26.3. The second-order valence-electron chi connectivity index (χ2n) is 5.28. The van der Waals surface area contributed by atoms with Gasteiger partial charge in [-0.15, -0.1) is 0 Å². The molecule has 0 saturated heterocycles. The van der Waals surface area contributed by atoms with E-state index in [4.69, 9.17) is 5.11 Å². The van der Waals surface area contributed by atoms with Crippen molar-refractivity contribution in [3.05, 3.63) is 0 Å². The van der Waals surface area contributed by atoms with Crippen LogP contribution in [-0.4, -0.2) is 30.3 Å². The Balaban J connectivity index is 2.18. The fraction of sp³-hybridized carbons (Fsp3) is 0.923. The number of amides is 2. The number of aliphatic hydroxyl groups is 1. The van der Waals surface area contributed by atoms with E-state index in [-0.39, 0.29) is 18.7 Å². The second-order valence-corrected chi connectivity index (χ2v) is 5.28. The van der Waals surface area contributed by atoms with E-state index in [1.54, 1.807) is 0 Å². The molecule has 3 unspecified atom stereocenters. The van der Waals surface area contributed by atoms with Crippen molar-refractivity contribution in [2.24, 2.45) is 11.8 Å². The molecule has 100 valence electrons. The molecule has 1 fully saturated rings. The second kappa shape index (κ2) is 7.54. The van der Waals surface area contributed by atoms with E-state index < -0.39 is 0 Å². The number of aliphatic hydroxyl groups excluding tert-OH is 1. The van der Waals surface area contributed by atoms with Crippen LogP contribution in [0.2, 0.25) is 0 Å². The maximum Gasteiger partial charge on any atom is 0.315 e. The molecule has 3 atom stereocenters. The zero-order valence-electron chi connectivity index (χ0n) is 11.0. The minimum Gasteiger partial charge on any atom is -0.394 e. The van der Waals surface area contributed by atoms with Gasteiger partial charge in [0.2, 0.25) is 0 Å². The Bertz CT molecular complexity index is 229. The summed E-state index contributed by atoms with van der Waals surface area (Å²) in [5.41, 5.74) is 0. The van der Waals surface area contributed by atoms with E-state index in [1.165, 1.54) is 25.7 Å². The summed E-state index contributed by atoms with van der Waals surface area (Å²) in [7, 11) is 0. The Hall–Kier alpha value is -0.770. The number of hydrogen-bond donors (Lipinski definition) is 3. The molecule has 3 N–H and O–H groups in total. The van der Waals surface area contributed by atoms with Gasteiger partial charge in [-0.05, 0) is 31.1 Å².